The second-order valence-electron chi connectivity index (χ2n) is 7.68. The third kappa shape index (κ3) is 8.36. The molecule has 0 saturated heterocycles. The lowest BCUT2D eigenvalue weighted by molar-refractivity contribution is 0.616. The molecule has 0 heterocycles. The van der Waals surface area contributed by atoms with Crippen LogP contribution in [0.1, 0.15) is 62.4 Å². The van der Waals surface area contributed by atoms with Crippen molar-refractivity contribution in [1.82, 2.24) is 0 Å². The smallest absolute Gasteiger partial charge is 0.0253 e. The van der Waals surface area contributed by atoms with Crippen molar-refractivity contribution in [2.75, 3.05) is 0 Å². The van der Waals surface area contributed by atoms with E-state index in [2.05, 4.69) is 90.9 Å². The van der Waals surface area contributed by atoms with Gasteiger partial charge in [0.05, 0.1) is 0 Å². The maximum absolute atomic E-state index is 2.28. The van der Waals surface area contributed by atoms with E-state index in [1.54, 1.807) is 0 Å². The van der Waals surface area contributed by atoms with Crippen LogP contribution < -0.4 is 0 Å². The Morgan fingerprint density at radius 2 is 1.12 bits per heavy atom. The molecule has 0 radical (unpaired) electrons. The Labute approximate surface area is 155 Å². The fraction of sp³-hybridized carbons (Fsp3) is 0.500. The number of benzene rings is 2. The summed E-state index contributed by atoms with van der Waals surface area (Å²) in [6, 6.07) is 15.3. The Bertz CT molecular complexity index is 582. The molecule has 0 saturated carbocycles. The molecule has 0 fully saturated rings. The molecule has 25 heavy (non-hydrogen) atoms. The van der Waals surface area contributed by atoms with Gasteiger partial charge in [0.1, 0.15) is 0 Å². The lowest BCUT2D eigenvalue weighted by Gasteiger charge is -2.13. The molecule has 0 unspecified atom stereocenters. The molecule has 1 nitrogen and oxygen atoms in total. The zero-order valence-electron chi connectivity index (χ0n) is 17.3. The van der Waals surface area contributed by atoms with E-state index in [9.17, 15) is 0 Å². The van der Waals surface area contributed by atoms with Crippen molar-refractivity contribution in [2.45, 2.75) is 67.7 Å². The normalized spacial score (nSPS) is 10.3. The molecule has 0 aliphatic carbocycles. The third-order valence-electron chi connectivity index (χ3n) is 4.47. The van der Waals surface area contributed by atoms with Crippen molar-refractivity contribution in [3.8, 4) is 0 Å². The van der Waals surface area contributed by atoms with Crippen molar-refractivity contribution >= 4 is 0 Å². The van der Waals surface area contributed by atoms with Crippen LogP contribution in [0.3, 0.4) is 0 Å². The van der Waals surface area contributed by atoms with Crippen molar-refractivity contribution in [3.63, 3.8) is 0 Å². The molecule has 2 rings (SSSR count). The Balaban J connectivity index is 0.000000465. The number of rotatable bonds is 5. The minimum absolute atomic E-state index is 0. The molecule has 1 heteroatoms. The minimum atomic E-state index is 0. The Morgan fingerprint density at radius 1 is 0.680 bits per heavy atom. The van der Waals surface area contributed by atoms with Gasteiger partial charge >= 0.3 is 0 Å². The molecular formula is C24H38O. The van der Waals surface area contributed by atoms with Crippen LogP contribution in [-0.2, 0) is 19.3 Å². The van der Waals surface area contributed by atoms with Crippen molar-refractivity contribution in [2.24, 2.45) is 11.8 Å². The van der Waals surface area contributed by atoms with Crippen LogP contribution in [0.15, 0.2) is 42.5 Å². The molecule has 0 aliphatic heterocycles. The average Bonchev–Trinajstić information content (AvgIpc) is 2.52. The second kappa shape index (κ2) is 11.9. The SMILES string of the molecule is CC(C)Cc1ccccc1CC(C)C.CCc1cccc(C)c1C.O. The van der Waals surface area contributed by atoms with Gasteiger partial charge in [-0.05, 0) is 72.8 Å². The Kier molecular flexibility index (Phi) is 11.1. The zero-order chi connectivity index (χ0) is 18.1. The summed E-state index contributed by atoms with van der Waals surface area (Å²) in [6.07, 6.45) is 3.57. The van der Waals surface area contributed by atoms with Gasteiger partial charge in [0, 0.05) is 0 Å². The first-order chi connectivity index (χ1) is 11.3. The van der Waals surface area contributed by atoms with Crippen LogP contribution in [-0.4, -0.2) is 5.48 Å². The maximum Gasteiger partial charge on any atom is -0.0253 e. The van der Waals surface area contributed by atoms with E-state index in [-0.39, 0.29) is 5.48 Å². The van der Waals surface area contributed by atoms with Crippen molar-refractivity contribution in [1.29, 1.82) is 0 Å². The van der Waals surface area contributed by atoms with E-state index < -0.39 is 0 Å². The Hall–Kier alpha value is -1.60. The highest BCUT2D eigenvalue weighted by molar-refractivity contribution is 5.32. The van der Waals surface area contributed by atoms with E-state index in [1.807, 2.05) is 0 Å². The monoisotopic (exact) mass is 342 g/mol. The fourth-order valence-corrected chi connectivity index (χ4v) is 3.03. The van der Waals surface area contributed by atoms with Gasteiger partial charge in [-0.25, -0.2) is 0 Å². The van der Waals surface area contributed by atoms with E-state index in [0.29, 0.717) is 0 Å². The first-order valence-electron chi connectivity index (χ1n) is 9.47. The molecule has 0 bridgehead atoms. The average molecular weight is 343 g/mol. The first kappa shape index (κ1) is 23.4. The summed E-state index contributed by atoms with van der Waals surface area (Å²) >= 11 is 0. The quantitative estimate of drug-likeness (QED) is 0.626. The van der Waals surface area contributed by atoms with Crippen LogP contribution in [0.2, 0.25) is 0 Å². The van der Waals surface area contributed by atoms with Crippen LogP contribution in [0, 0.1) is 25.7 Å². The van der Waals surface area contributed by atoms with Gasteiger partial charge in [-0.1, -0.05) is 77.1 Å². The summed E-state index contributed by atoms with van der Waals surface area (Å²) in [4.78, 5) is 0. The van der Waals surface area contributed by atoms with Gasteiger partial charge in [0.15, 0.2) is 0 Å². The van der Waals surface area contributed by atoms with Gasteiger partial charge in [-0.3, -0.25) is 0 Å². The lowest BCUT2D eigenvalue weighted by Crippen LogP contribution is -2.02. The predicted octanol–water partition coefficient (Wildman–Crippen LogP) is 6.12. The first-order valence-corrected chi connectivity index (χ1v) is 9.47. The number of hydrogen-bond acceptors (Lipinski definition) is 0. The molecule has 2 N–H and O–H groups in total. The molecule has 0 amide bonds. The van der Waals surface area contributed by atoms with Crippen molar-refractivity contribution in [3.05, 3.63) is 70.3 Å². The molecular weight excluding hydrogens is 304 g/mol. The summed E-state index contributed by atoms with van der Waals surface area (Å²) in [5.41, 5.74) is 7.40. The van der Waals surface area contributed by atoms with E-state index in [4.69, 9.17) is 0 Å². The Morgan fingerprint density at radius 3 is 1.48 bits per heavy atom. The standard InChI is InChI=1S/C14H22.C10H14.H2O/c1-11(2)9-13-7-5-6-8-14(13)10-12(3)4;1-4-10-7-5-6-8(2)9(10)3;/h5-8,11-12H,9-10H2,1-4H3;5-7H,4H2,1-3H3;1H2. The molecule has 2 aromatic rings. The van der Waals surface area contributed by atoms with Gasteiger partial charge in [0.2, 0.25) is 0 Å². The van der Waals surface area contributed by atoms with Crippen LogP contribution in [0.5, 0.6) is 0 Å². The highest BCUT2D eigenvalue weighted by Gasteiger charge is 2.05. The van der Waals surface area contributed by atoms with Crippen LogP contribution >= 0.6 is 0 Å². The number of aryl methyl sites for hydroxylation is 2. The van der Waals surface area contributed by atoms with Crippen LogP contribution in [0.4, 0.5) is 0 Å². The summed E-state index contributed by atoms with van der Waals surface area (Å²) < 4.78 is 0. The topological polar surface area (TPSA) is 31.5 Å². The molecule has 0 atom stereocenters. The largest absolute Gasteiger partial charge is 0.412 e. The van der Waals surface area contributed by atoms with E-state index >= 15 is 0 Å². The van der Waals surface area contributed by atoms with E-state index in [1.165, 1.54) is 40.7 Å². The van der Waals surface area contributed by atoms with Gasteiger partial charge in [0.25, 0.3) is 0 Å². The third-order valence-corrected chi connectivity index (χ3v) is 4.47. The lowest BCUT2D eigenvalue weighted by atomic mass is 9.93. The summed E-state index contributed by atoms with van der Waals surface area (Å²) in [5.74, 6) is 1.51. The molecule has 0 spiro atoms. The number of hydrogen-bond donors (Lipinski definition) is 0. The molecule has 0 aromatic heterocycles. The molecule has 0 aliphatic rings. The predicted molar refractivity (Wildman–Crippen MR) is 112 cm³/mol. The van der Waals surface area contributed by atoms with Crippen LogP contribution in [0.25, 0.3) is 0 Å². The summed E-state index contributed by atoms with van der Waals surface area (Å²) in [7, 11) is 0. The summed E-state index contributed by atoms with van der Waals surface area (Å²) in [6.45, 7) is 15.7. The van der Waals surface area contributed by atoms with Gasteiger partial charge in [-0.15, -0.1) is 0 Å². The van der Waals surface area contributed by atoms with E-state index in [0.717, 1.165) is 18.3 Å². The highest BCUT2D eigenvalue weighted by Crippen LogP contribution is 2.17. The molecule has 2 aromatic carbocycles. The van der Waals surface area contributed by atoms with Crippen molar-refractivity contribution < 1.29 is 5.48 Å². The second-order valence-corrected chi connectivity index (χ2v) is 7.68. The molecule has 140 valence electrons. The fourth-order valence-electron chi connectivity index (χ4n) is 3.03. The summed E-state index contributed by atoms with van der Waals surface area (Å²) in [5, 5.41) is 0. The van der Waals surface area contributed by atoms with Gasteiger partial charge in [-0.2, -0.15) is 0 Å². The minimum Gasteiger partial charge on any atom is -0.412 e. The maximum atomic E-state index is 2.28. The zero-order valence-corrected chi connectivity index (χ0v) is 17.3. The highest BCUT2D eigenvalue weighted by atomic mass is 16.0. The van der Waals surface area contributed by atoms with Gasteiger partial charge < -0.3 is 5.48 Å².